The Balaban J connectivity index is 1.80. The van der Waals surface area contributed by atoms with E-state index in [1.165, 1.54) is 0 Å². The number of aromatic nitrogens is 2. The molecule has 0 radical (unpaired) electrons. The lowest BCUT2D eigenvalue weighted by Gasteiger charge is -2.19. The van der Waals surface area contributed by atoms with Gasteiger partial charge in [-0.25, -0.2) is 9.78 Å². The zero-order valence-corrected chi connectivity index (χ0v) is 16.1. The molecule has 0 saturated carbocycles. The van der Waals surface area contributed by atoms with E-state index in [0.717, 1.165) is 16.6 Å². The normalized spacial score (nSPS) is 11.7. The number of ether oxygens (including phenoxy) is 1. The zero-order valence-electron chi connectivity index (χ0n) is 16.1. The monoisotopic (exact) mass is 373 g/mol. The number of aryl methyl sites for hydroxylation is 1. The Morgan fingerprint density at radius 3 is 2.54 bits per heavy atom. The van der Waals surface area contributed by atoms with Gasteiger partial charge >= 0.3 is 5.97 Å². The summed E-state index contributed by atoms with van der Waals surface area (Å²) in [6, 6.07) is 13.1. The van der Waals surface area contributed by atoms with Crippen LogP contribution in [0.25, 0.3) is 27.7 Å². The minimum atomic E-state index is -0.546. The number of hydrogen-bond donors (Lipinski definition) is 0. The third kappa shape index (κ3) is 3.01. The largest absolute Gasteiger partial charge is 0.456 e. The molecule has 2 heterocycles. The van der Waals surface area contributed by atoms with E-state index < -0.39 is 5.60 Å². The van der Waals surface area contributed by atoms with Crippen LogP contribution in [-0.4, -0.2) is 21.1 Å². The van der Waals surface area contributed by atoms with Gasteiger partial charge in [0.25, 0.3) is 0 Å². The minimum Gasteiger partial charge on any atom is -0.456 e. The molecule has 0 aliphatic carbocycles. The number of benzene rings is 2. The first-order chi connectivity index (χ1) is 13.3. The third-order valence-electron chi connectivity index (χ3n) is 4.33. The number of hydrogen-bond acceptors (Lipinski definition) is 5. The Morgan fingerprint density at radius 2 is 1.89 bits per heavy atom. The van der Waals surface area contributed by atoms with Gasteiger partial charge in [0.15, 0.2) is 11.5 Å². The molecule has 0 saturated heterocycles. The van der Waals surface area contributed by atoms with Crippen molar-refractivity contribution in [1.82, 2.24) is 9.55 Å². The van der Waals surface area contributed by atoms with Crippen LogP contribution in [0.1, 0.15) is 42.6 Å². The Labute approximate surface area is 162 Å². The average molecular weight is 373 g/mol. The quantitative estimate of drug-likeness (QED) is 0.467. The van der Waals surface area contributed by atoms with E-state index in [1.54, 1.807) is 25.3 Å². The molecule has 4 aromatic rings. The summed E-state index contributed by atoms with van der Waals surface area (Å²) >= 11 is 0. The Bertz CT molecular complexity index is 1250. The summed E-state index contributed by atoms with van der Waals surface area (Å²) in [6.07, 6.45) is 1.77. The first kappa shape index (κ1) is 17.8. The molecule has 6 nitrogen and oxygen atoms in total. The molecule has 0 fully saturated rings. The molecule has 6 heteroatoms. The fraction of sp³-hybridized carbons (Fsp3) is 0.227. The van der Waals surface area contributed by atoms with Gasteiger partial charge in [-0.3, -0.25) is 0 Å². The molecule has 0 spiro atoms. The van der Waals surface area contributed by atoms with Gasteiger partial charge < -0.3 is 13.7 Å². The van der Waals surface area contributed by atoms with Crippen molar-refractivity contribution in [3.05, 3.63) is 59.6 Å². The molecule has 0 bridgehead atoms. The lowest BCUT2D eigenvalue weighted by molar-refractivity contribution is 0.00695. The molecule has 0 aliphatic rings. The van der Waals surface area contributed by atoms with Crippen molar-refractivity contribution < 1.29 is 13.9 Å². The van der Waals surface area contributed by atoms with Crippen molar-refractivity contribution in [2.75, 3.05) is 0 Å². The van der Waals surface area contributed by atoms with Gasteiger partial charge in [-0.15, -0.1) is 0 Å². The summed E-state index contributed by atoms with van der Waals surface area (Å²) in [5, 5.41) is 10.4. The van der Waals surface area contributed by atoms with Crippen LogP contribution in [0.5, 0.6) is 0 Å². The van der Waals surface area contributed by atoms with E-state index >= 15 is 0 Å². The summed E-state index contributed by atoms with van der Waals surface area (Å²) in [7, 11) is 0. The molecule has 0 amide bonds. The highest BCUT2D eigenvalue weighted by Crippen LogP contribution is 2.31. The maximum atomic E-state index is 12.2. The Kier molecular flexibility index (Phi) is 3.97. The molecular weight excluding hydrogens is 354 g/mol. The van der Waals surface area contributed by atoms with Crippen molar-refractivity contribution in [1.29, 1.82) is 5.26 Å². The molecule has 4 rings (SSSR count). The van der Waals surface area contributed by atoms with Crippen LogP contribution in [0.3, 0.4) is 0 Å². The van der Waals surface area contributed by atoms with Crippen molar-refractivity contribution in [3.63, 3.8) is 0 Å². The van der Waals surface area contributed by atoms with Gasteiger partial charge in [0.05, 0.1) is 16.6 Å². The number of fused-ring (bicyclic) bond motifs is 3. The number of rotatable bonds is 2. The van der Waals surface area contributed by atoms with Gasteiger partial charge in [-0.05, 0) is 57.2 Å². The van der Waals surface area contributed by atoms with Crippen LogP contribution in [0, 0.1) is 18.3 Å². The van der Waals surface area contributed by atoms with Crippen LogP contribution in [0.4, 0.5) is 0 Å². The maximum absolute atomic E-state index is 12.2. The fourth-order valence-electron chi connectivity index (χ4n) is 3.22. The summed E-state index contributed by atoms with van der Waals surface area (Å²) in [4.78, 5) is 16.7. The van der Waals surface area contributed by atoms with Crippen LogP contribution >= 0.6 is 0 Å². The topological polar surface area (TPSA) is 81.0 Å². The molecular formula is C22H19N3O3. The predicted molar refractivity (Wildman–Crippen MR) is 105 cm³/mol. The second-order valence-electron chi connectivity index (χ2n) is 7.61. The van der Waals surface area contributed by atoms with Crippen LogP contribution in [0.2, 0.25) is 0 Å². The molecule has 2 aromatic heterocycles. The summed E-state index contributed by atoms with van der Waals surface area (Å²) < 4.78 is 12.9. The Hall–Kier alpha value is -3.59. The highest BCUT2D eigenvalue weighted by molar-refractivity contribution is 6.06. The first-order valence-corrected chi connectivity index (χ1v) is 8.92. The van der Waals surface area contributed by atoms with Crippen molar-refractivity contribution in [2.45, 2.75) is 33.3 Å². The van der Waals surface area contributed by atoms with E-state index in [2.05, 4.69) is 11.1 Å². The number of carbonyl (C=O) groups excluding carboxylic acids is 1. The molecule has 0 unspecified atom stereocenters. The highest BCUT2D eigenvalue weighted by Gasteiger charge is 2.19. The number of esters is 1. The van der Waals surface area contributed by atoms with Crippen LogP contribution in [0.15, 0.2) is 47.0 Å². The summed E-state index contributed by atoms with van der Waals surface area (Å²) in [5.74, 6) is 0.190. The second-order valence-corrected chi connectivity index (χ2v) is 7.61. The van der Waals surface area contributed by atoms with Crippen molar-refractivity contribution in [2.24, 2.45) is 0 Å². The lowest BCUT2D eigenvalue weighted by Crippen LogP contribution is -2.23. The zero-order chi connectivity index (χ0) is 20.1. The number of nitrogens with zero attached hydrogens (tertiary/aromatic N) is 3. The smallest absolute Gasteiger partial charge is 0.338 e. The lowest BCUT2D eigenvalue weighted by atomic mass is 10.1. The number of carbonyl (C=O) groups is 1. The van der Waals surface area contributed by atoms with Gasteiger partial charge in [-0.1, -0.05) is 0 Å². The average Bonchev–Trinajstić information content (AvgIpc) is 3.19. The van der Waals surface area contributed by atoms with Gasteiger partial charge in [-0.2, -0.15) is 5.26 Å². The second kappa shape index (κ2) is 6.24. The molecule has 0 N–H and O–H groups in total. The maximum Gasteiger partial charge on any atom is 0.338 e. The van der Waals surface area contributed by atoms with Gasteiger partial charge in [0, 0.05) is 24.2 Å². The number of oxazole rings is 1. The van der Waals surface area contributed by atoms with Gasteiger partial charge in [0.2, 0.25) is 0 Å². The van der Waals surface area contributed by atoms with Crippen LogP contribution < -0.4 is 0 Å². The minimum absolute atomic E-state index is 0.367. The molecule has 0 atom stereocenters. The SMILES string of the molecule is Cc1nc2c(ccc3c2c(C#N)cn3-c2ccc(C(=O)OC(C)(C)C)cc2)o1. The summed E-state index contributed by atoms with van der Waals surface area (Å²) in [5.41, 5.74) is 3.46. The number of nitriles is 1. The predicted octanol–water partition coefficient (Wildman–Crippen LogP) is 4.91. The Morgan fingerprint density at radius 1 is 1.18 bits per heavy atom. The molecule has 28 heavy (non-hydrogen) atoms. The van der Waals surface area contributed by atoms with Crippen molar-refractivity contribution >= 4 is 28.0 Å². The van der Waals surface area contributed by atoms with E-state index in [4.69, 9.17) is 9.15 Å². The molecule has 0 aliphatic heterocycles. The standard InChI is InChI=1S/C22H19N3O3/c1-13-24-20-18(27-13)10-9-17-19(20)15(11-23)12-25(17)16-7-5-14(6-8-16)21(26)28-22(2,3)4/h5-10,12H,1-4H3. The molecule has 2 aromatic carbocycles. The van der Waals surface area contributed by atoms with E-state index in [0.29, 0.717) is 28.1 Å². The summed E-state index contributed by atoms with van der Waals surface area (Å²) in [6.45, 7) is 7.28. The van der Waals surface area contributed by atoms with Crippen LogP contribution in [-0.2, 0) is 4.74 Å². The van der Waals surface area contributed by atoms with E-state index in [9.17, 15) is 10.1 Å². The molecule has 140 valence electrons. The first-order valence-electron chi connectivity index (χ1n) is 8.92. The fourth-order valence-corrected chi connectivity index (χ4v) is 3.22. The third-order valence-corrected chi connectivity index (χ3v) is 4.33. The highest BCUT2D eigenvalue weighted by atomic mass is 16.6. The van der Waals surface area contributed by atoms with E-state index in [-0.39, 0.29) is 5.97 Å². The van der Waals surface area contributed by atoms with Crippen molar-refractivity contribution in [3.8, 4) is 11.8 Å². The van der Waals surface area contributed by atoms with E-state index in [1.807, 2.05) is 49.6 Å². The van der Waals surface area contributed by atoms with Gasteiger partial charge in [0.1, 0.15) is 17.2 Å².